The van der Waals surface area contributed by atoms with Gasteiger partial charge in [-0.25, -0.2) is 4.68 Å². The van der Waals surface area contributed by atoms with Crippen LogP contribution in [0.4, 0.5) is 17.6 Å². The van der Waals surface area contributed by atoms with E-state index in [1.165, 1.54) is 4.68 Å². The van der Waals surface area contributed by atoms with Gasteiger partial charge in [0.2, 0.25) is 11.9 Å². The quantitative estimate of drug-likeness (QED) is 0.740. The Morgan fingerprint density at radius 2 is 2.10 bits per heavy atom. The molecule has 0 spiro atoms. The summed E-state index contributed by atoms with van der Waals surface area (Å²) in [4.78, 5) is 12.3. The maximum Gasteiger partial charge on any atom is 0.257 e. The smallest absolute Gasteiger partial charge is 0.257 e. The van der Waals surface area contributed by atoms with Crippen molar-refractivity contribution < 1.29 is 0 Å². The second-order valence-corrected chi connectivity index (χ2v) is 5.34. The zero-order valence-electron chi connectivity index (χ0n) is 10.5. The van der Waals surface area contributed by atoms with Crippen LogP contribution in [0.1, 0.15) is 0 Å². The first-order valence-electron chi connectivity index (χ1n) is 5.85. The maximum absolute atomic E-state index is 6.15. The topological polar surface area (TPSA) is 94.5 Å². The van der Waals surface area contributed by atoms with Crippen molar-refractivity contribution in [2.75, 3.05) is 11.1 Å². The van der Waals surface area contributed by atoms with E-state index in [4.69, 9.17) is 17.3 Å². The first kappa shape index (κ1) is 13.8. The highest BCUT2D eigenvalue weighted by atomic mass is 79.9. The van der Waals surface area contributed by atoms with Crippen LogP contribution in [0.2, 0.25) is 5.02 Å². The Kier molecular flexibility index (Phi) is 3.72. The summed E-state index contributed by atoms with van der Waals surface area (Å²) in [6, 6.07) is 7.19. The van der Waals surface area contributed by atoms with Gasteiger partial charge < -0.3 is 11.1 Å². The highest BCUT2D eigenvalue weighted by Crippen LogP contribution is 2.27. The summed E-state index contributed by atoms with van der Waals surface area (Å²) in [6.07, 6.45) is 3.34. The van der Waals surface area contributed by atoms with E-state index in [9.17, 15) is 0 Å². The van der Waals surface area contributed by atoms with Gasteiger partial charge in [0.25, 0.3) is 5.95 Å². The van der Waals surface area contributed by atoms with Gasteiger partial charge in [-0.15, -0.1) is 0 Å². The molecule has 0 aliphatic rings. The van der Waals surface area contributed by atoms with E-state index in [1.807, 2.05) is 6.07 Å². The van der Waals surface area contributed by atoms with Crippen molar-refractivity contribution in [1.82, 2.24) is 24.7 Å². The molecule has 0 saturated heterocycles. The standard InChI is InChI=1S/C12H9BrClN7/c13-7-2-3-9(8(14)6-7)17-11-18-10(15)19-12(20-11)21-5-1-4-16-21/h1-6H,(H3,15,17,18,19,20). The summed E-state index contributed by atoms with van der Waals surface area (Å²) >= 11 is 9.49. The monoisotopic (exact) mass is 365 g/mol. The molecule has 3 N–H and O–H groups in total. The lowest BCUT2D eigenvalue weighted by Crippen LogP contribution is -2.09. The Balaban J connectivity index is 1.95. The fourth-order valence-corrected chi connectivity index (χ4v) is 2.36. The number of hydrogen-bond donors (Lipinski definition) is 2. The average molecular weight is 367 g/mol. The molecule has 3 rings (SSSR count). The highest BCUT2D eigenvalue weighted by molar-refractivity contribution is 9.10. The van der Waals surface area contributed by atoms with Gasteiger partial charge >= 0.3 is 0 Å². The number of nitrogens with one attached hydrogen (secondary N) is 1. The van der Waals surface area contributed by atoms with Crippen LogP contribution < -0.4 is 11.1 Å². The molecule has 0 bridgehead atoms. The fraction of sp³-hybridized carbons (Fsp3) is 0. The lowest BCUT2D eigenvalue weighted by Gasteiger charge is -2.08. The third-order valence-electron chi connectivity index (χ3n) is 2.53. The number of nitrogens with two attached hydrogens (primary N) is 1. The first-order chi connectivity index (χ1) is 10.1. The van der Waals surface area contributed by atoms with Crippen LogP contribution >= 0.6 is 27.5 Å². The number of rotatable bonds is 3. The number of hydrogen-bond acceptors (Lipinski definition) is 6. The van der Waals surface area contributed by atoms with Gasteiger partial charge in [0.15, 0.2) is 0 Å². The van der Waals surface area contributed by atoms with Crippen molar-refractivity contribution in [1.29, 1.82) is 0 Å². The molecule has 2 aromatic heterocycles. The summed E-state index contributed by atoms with van der Waals surface area (Å²) in [6.45, 7) is 0. The Hall–Kier alpha value is -2.19. The van der Waals surface area contributed by atoms with Crippen LogP contribution in [0.15, 0.2) is 41.1 Å². The molecule has 3 aromatic rings. The van der Waals surface area contributed by atoms with Gasteiger partial charge in [-0.05, 0) is 24.3 Å². The summed E-state index contributed by atoms with van der Waals surface area (Å²) in [5, 5.41) is 7.59. The second kappa shape index (κ2) is 5.66. The van der Waals surface area contributed by atoms with Gasteiger partial charge in [-0.2, -0.15) is 20.1 Å². The van der Waals surface area contributed by atoms with E-state index in [0.29, 0.717) is 16.7 Å². The largest absolute Gasteiger partial charge is 0.368 e. The van der Waals surface area contributed by atoms with Gasteiger partial charge in [0.1, 0.15) is 0 Å². The van der Waals surface area contributed by atoms with Crippen LogP contribution in [0.5, 0.6) is 0 Å². The second-order valence-electron chi connectivity index (χ2n) is 4.02. The fourth-order valence-electron chi connectivity index (χ4n) is 1.64. The molecule has 0 radical (unpaired) electrons. The Labute approximate surface area is 133 Å². The molecule has 0 unspecified atom stereocenters. The SMILES string of the molecule is Nc1nc(Nc2ccc(Br)cc2Cl)nc(-n2cccn2)n1. The summed E-state index contributed by atoms with van der Waals surface area (Å²) < 4.78 is 2.37. The predicted octanol–water partition coefficient (Wildman–Crippen LogP) is 2.80. The van der Waals surface area contributed by atoms with Crippen LogP contribution in [0.3, 0.4) is 0 Å². The minimum absolute atomic E-state index is 0.0891. The molecule has 2 heterocycles. The van der Waals surface area contributed by atoms with E-state index >= 15 is 0 Å². The number of anilines is 3. The lowest BCUT2D eigenvalue weighted by molar-refractivity contribution is 0.801. The molecular formula is C12H9BrClN7. The first-order valence-corrected chi connectivity index (χ1v) is 7.02. The molecule has 0 aliphatic heterocycles. The summed E-state index contributed by atoms with van der Waals surface area (Å²) in [7, 11) is 0. The molecule has 9 heteroatoms. The van der Waals surface area contributed by atoms with Gasteiger partial charge in [-0.3, -0.25) is 0 Å². The normalized spacial score (nSPS) is 10.6. The minimum Gasteiger partial charge on any atom is -0.368 e. The van der Waals surface area contributed by atoms with Gasteiger partial charge in [0, 0.05) is 16.9 Å². The van der Waals surface area contributed by atoms with Crippen molar-refractivity contribution in [2.45, 2.75) is 0 Å². The summed E-state index contributed by atoms with van der Waals surface area (Å²) in [5.74, 6) is 0.701. The lowest BCUT2D eigenvalue weighted by atomic mass is 10.3. The molecule has 21 heavy (non-hydrogen) atoms. The molecule has 0 aliphatic carbocycles. The van der Waals surface area contributed by atoms with Crippen molar-refractivity contribution in [3.63, 3.8) is 0 Å². The van der Waals surface area contributed by atoms with Crippen molar-refractivity contribution >= 4 is 45.1 Å². The average Bonchev–Trinajstić information content (AvgIpc) is 2.95. The number of halogens is 2. The maximum atomic E-state index is 6.15. The molecule has 106 valence electrons. The van der Waals surface area contributed by atoms with E-state index < -0.39 is 0 Å². The summed E-state index contributed by atoms with van der Waals surface area (Å²) in [5.41, 5.74) is 6.36. The van der Waals surface area contributed by atoms with Crippen LogP contribution in [-0.4, -0.2) is 24.7 Å². The predicted molar refractivity (Wildman–Crippen MR) is 83.8 cm³/mol. The third kappa shape index (κ3) is 3.11. The number of nitrogens with zero attached hydrogens (tertiary/aromatic N) is 5. The number of aromatic nitrogens is 5. The zero-order valence-corrected chi connectivity index (χ0v) is 12.9. The molecule has 0 saturated carbocycles. The third-order valence-corrected chi connectivity index (χ3v) is 3.33. The van der Waals surface area contributed by atoms with Crippen molar-refractivity contribution in [3.8, 4) is 5.95 Å². The van der Waals surface area contributed by atoms with Crippen LogP contribution in [0.25, 0.3) is 5.95 Å². The molecule has 1 aromatic carbocycles. The van der Waals surface area contributed by atoms with Crippen molar-refractivity contribution in [2.24, 2.45) is 0 Å². The van der Waals surface area contributed by atoms with Crippen LogP contribution in [0, 0.1) is 0 Å². The van der Waals surface area contributed by atoms with Crippen LogP contribution in [-0.2, 0) is 0 Å². The van der Waals surface area contributed by atoms with E-state index in [2.05, 4.69) is 41.3 Å². The van der Waals surface area contributed by atoms with Gasteiger partial charge in [-0.1, -0.05) is 27.5 Å². The molecule has 0 fully saturated rings. The van der Waals surface area contributed by atoms with Crippen molar-refractivity contribution in [3.05, 3.63) is 46.2 Å². The highest BCUT2D eigenvalue weighted by Gasteiger charge is 2.08. The van der Waals surface area contributed by atoms with E-state index in [-0.39, 0.29) is 11.9 Å². The molecule has 7 nitrogen and oxygen atoms in total. The number of benzene rings is 1. The zero-order chi connectivity index (χ0) is 14.8. The number of nitrogen functional groups attached to an aromatic ring is 1. The Morgan fingerprint density at radius 3 is 2.81 bits per heavy atom. The molecular weight excluding hydrogens is 358 g/mol. The van der Waals surface area contributed by atoms with E-state index in [0.717, 1.165) is 4.47 Å². The minimum atomic E-state index is 0.0891. The van der Waals surface area contributed by atoms with Gasteiger partial charge in [0.05, 0.1) is 10.7 Å². The molecule has 0 amide bonds. The van der Waals surface area contributed by atoms with E-state index in [1.54, 1.807) is 30.6 Å². The molecule has 0 atom stereocenters. The Bertz CT molecular complexity index is 775. The Morgan fingerprint density at radius 1 is 1.24 bits per heavy atom.